The van der Waals surface area contributed by atoms with Gasteiger partial charge in [0.15, 0.2) is 5.96 Å². The highest BCUT2D eigenvalue weighted by Gasteiger charge is 2.15. The lowest BCUT2D eigenvalue weighted by molar-refractivity contribution is -0.127. The number of hydrogen-bond acceptors (Lipinski definition) is 3. The second-order valence-corrected chi connectivity index (χ2v) is 7.16. The van der Waals surface area contributed by atoms with Crippen molar-refractivity contribution in [2.75, 3.05) is 27.2 Å². The van der Waals surface area contributed by atoms with E-state index in [0.29, 0.717) is 12.5 Å². The maximum Gasteiger partial charge on any atom is 0.241 e. The van der Waals surface area contributed by atoms with E-state index in [1.165, 1.54) is 0 Å². The molecule has 0 aromatic heterocycles. The third kappa shape index (κ3) is 7.92. The van der Waals surface area contributed by atoms with Gasteiger partial charge >= 0.3 is 0 Å². The first-order valence-corrected chi connectivity index (χ1v) is 8.63. The number of carbonyl (C=O) groups is 1. The number of aryl methyl sites for hydroxylation is 1. The van der Waals surface area contributed by atoms with Gasteiger partial charge in [-0.05, 0) is 46.2 Å². The first-order valence-electron chi connectivity index (χ1n) is 8.63. The molecule has 6 heteroatoms. The van der Waals surface area contributed by atoms with E-state index < -0.39 is 0 Å². The summed E-state index contributed by atoms with van der Waals surface area (Å²) in [6.07, 6.45) is 0. The third-order valence-electron chi connectivity index (χ3n) is 3.30. The molecule has 0 spiro atoms. The highest BCUT2D eigenvalue weighted by Crippen LogP contribution is 2.25. The number of ether oxygens (including phenoxy) is 1. The highest BCUT2D eigenvalue weighted by molar-refractivity contribution is 5.86. The molecule has 0 aliphatic heterocycles. The standard InChI is InChI=1S/C19H32N4O2/c1-8-20-18(22-13-17(24)23(6)7)21-12-15-10-9-14(2)11-16(15)25-19(3,4)5/h9-11H,8,12-13H2,1-7H3,(H2,20,21,22). The van der Waals surface area contributed by atoms with Crippen molar-refractivity contribution in [2.45, 2.75) is 46.8 Å². The molecular formula is C19H32N4O2. The Bertz CT molecular complexity index is 604. The molecule has 1 rings (SSSR count). The second-order valence-electron chi connectivity index (χ2n) is 7.16. The van der Waals surface area contributed by atoms with Gasteiger partial charge in [0.05, 0.1) is 13.1 Å². The monoisotopic (exact) mass is 348 g/mol. The van der Waals surface area contributed by atoms with Gasteiger partial charge in [0, 0.05) is 26.2 Å². The number of nitrogens with one attached hydrogen (secondary N) is 2. The van der Waals surface area contributed by atoms with Crippen LogP contribution in [0, 0.1) is 6.92 Å². The van der Waals surface area contributed by atoms with Crippen LogP contribution in [-0.4, -0.2) is 49.6 Å². The first-order chi connectivity index (χ1) is 11.6. The Labute approximate surface area is 151 Å². The number of hydrogen-bond donors (Lipinski definition) is 2. The number of nitrogens with zero attached hydrogens (tertiary/aromatic N) is 2. The van der Waals surface area contributed by atoms with E-state index in [4.69, 9.17) is 4.74 Å². The minimum Gasteiger partial charge on any atom is -0.488 e. The lowest BCUT2D eigenvalue weighted by Crippen LogP contribution is -2.42. The summed E-state index contributed by atoms with van der Waals surface area (Å²) in [6.45, 7) is 11.5. The Kier molecular flexibility index (Phi) is 7.74. The van der Waals surface area contributed by atoms with Crippen molar-refractivity contribution in [3.8, 4) is 5.75 Å². The van der Waals surface area contributed by atoms with Crippen LogP contribution in [0.3, 0.4) is 0 Å². The molecule has 25 heavy (non-hydrogen) atoms. The lowest BCUT2D eigenvalue weighted by Gasteiger charge is -2.23. The van der Waals surface area contributed by atoms with Crippen LogP contribution in [0.1, 0.15) is 38.8 Å². The van der Waals surface area contributed by atoms with Crippen molar-refractivity contribution in [2.24, 2.45) is 4.99 Å². The summed E-state index contributed by atoms with van der Waals surface area (Å²) >= 11 is 0. The van der Waals surface area contributed by atoms with Gasteiger partial charge in [-0.25, -0.2) is 4.99 Å². The molecule has 140 valence electrons. The Balaban J connectivity index is 2.89. The fourth-order valence-corrected chi connectivity index (χ4v) is 2.04. The van der Waals surface area contributed by atoms with Gasteiger partial charge in [-0.15, -0.1) is 0 Å². The zero-order valence-electron chi connectivity index (χ0n) is 16.6. The second kappa shape index (κ2) is 9.30. The number of aliphatic imine (C=N–C) groups is 1. The van der Waals surface area contributed by atoms with Crippen molar-refractivity contribution in [1.29, 1.82) is 0 Å². The lowest BCUT2D eigenvalue weighted by atomic mass is 10.1. The minimum absolute atomic E-state index is 0.00214. The van der Waals surface area contributed by atoms with Crippen molar-refractivity contribution in [3.63, 3.8) is 0 Å². The molecular weight excluding hydrogens is 316 g/mol. The fourth-order valence-electron chi connectivity index (χ4n) is 2.04. The molecule has 0 saturated carbocycles. The normalized spacial score (nSPS) is 11.9. The van der Waals surface area contributed by atoms with E-state index in [2.05, 4.69) is 21.7 Å². The largest absolute Gasteiger partial charge is 0.488 e. The molecule has 0 bridgehead atoms. The predicted molar refractivity (Wildman–Crippen MR) is 103 cm³/mol. The van der Waals surface area contributed by atoms with Gasteiger partial charge in [-0.3, -0.25) is 4.79 Å². The smallest absolute Gasteiger partial charge is 0.241 e. The zero-order valence-corrected chi connectivity index (χ0v) is 16.6. The molecule has 1 amide bonds. The third-order valence-corrected chi connectivity index (χ3v) is 3.30. The quantitative estimate of drug-likeness (QED) is 0.612. The minimum atomic E-state index is -0.271. The Morgan fingerprint density at radius 2 is 1.92 bits per heavy atom. The SMILES string of the molecule is CCNC(=NCc1ccc(C)cc1OC(C)(C)C)NCC(=O)N(C)C. The maximum atomic E-state index is 11.7. The Morgan fingerprint density at radius 3 is 2.48 bits per heavy atom. The van der Waals surface area contributed by atoms with E-state index in [9.17, 15) is 4.79 Å². The number of benzene rings is 1. The topological polar surface area (TPSA) is 66.0 Å². The Morgan fingerprint density at radius 1 is 1.24 bits per heavy atom. The summed E-state index contributed by atoms with van der Waals surface area (Å²) in [5, 5.41) is 6.21. The first kappa shape index (κ1) is 20.8. The predicted octanol–water partition coefficient (Wildman–Crippen LogP) is 2.32. The molecule has 0 fully saturated rings. The molecule has 6 nitrogen and oxygen atoms in total. The number of amides is 1. The molecule has 0 unspecified atom stereocenters. The number of guanidine groups is 1. The summed E-state index contributed by atoms with van der Waals surface area (Å²) < 4.78 is 6.06. The number of carbonyl (C=O) groups excluding carboxylic acids is 1. The maximum absolute atomic E-state index is 11.7. The summed E-state index contributed by atoms with van der Waals surface area (Å²) in [6, 6.07) is 6.12. The highest BCUT2D eigenvalue weighted by atomic mass is 16.5. The van der Waals surface area contributed by atoms with Gasteiger partial charge in [-0.1, -0.05) is 12.1 Å². The molecule has 2 N–H and O–H groups in total. The van der Waals surface area contributed by atoms with Crippen molar-refractivity contribution < 1.29 is 9.53 Å². The molecule has 0 aliphatic carbocycles. The summed E-state index contributed by atoms with van der Waals surface area (Å²) in [5.74, 6) is 1.45. The molecule has 0 heterocycles. The van der Waals surface area contributed by atoms with Crippen LogP contribution < -0.4 is 15.4 Å². The zero-order chi connectivity index (χ0) is 19.0. The van der Waals surface area contributed by atoms with Gasteiger partial charge in [0.2, 0.25) is 5.91 Å². The molecule has 1 aromatic carbocycles. The van der Waals surface area contributed by atoms with Gasteiger partial charge in [0.1, 0.15) is 11.4 Å². The van der Waals surface area contributed by atoms with Crippen molar-refractivity contribution >= 4 is 11.9 Å². The number of likely N-dealkylation sites (N-methyl/N-ethyl adjacent to an activating group) is 1. The Hall–Kier alpha value is -2.24. The van der Waals surface area contributed by atoms with Crippen LogP contribution in [-0.2, 0) is 11.3 Å². The molecule has 1 aromatic rings. The van der Waals surface area contributed by atoms with Crippen LogP contribution in [0.5, 0.6) is 5.75 Å². The molecule has 0 aliphatic rings. The van der Waals surface area contributed by atoms with Crippen molar-refractivity contribution in [1.82, 2.24) is 15.5 Å². The average Bonchev–Trinajstić information content (AvgIpc) is 2.49. The van der Waals surface area contributed by atoms with E-state index in [-0.39, 0.29) is 18.1 Å². The van der Waals surface area contributed by atoms with Crippen LogP contribution in [0.2, 0.25) is 0 Å². The van der Waals surface area contributed by atoms with E-state index >= 15 is 0 Å². The van der Waals surface area contributed by atoms with E-state index in [1.807, 2.05) is 46.8 Å². The van der Waals surface area contributed by atoms with Crippen LogP contribution in [0.4, 0.5) is 0 Å². The molecule has 0 atom stereocenters. The fraction of sp³-hybridized carbons (Fsp3) is 0.579. The summed E-state index contributed by atoms with van der Waals surface area (Å²) in [4.78, 5) is 17.9. The van der Waals surface area contributed by atoms with Crippen LogP contribution in [0.25, 0.3) is 0 Å². The average molecular weight is 348 g/mol. The van der Waals surface area contributed by atoms with E-state index in [0.717, 1.165) is 23.4 Å². The van der Waals surface area contributed by atoms with Crippen LogP contribution in [0.15, 0.2) is 23.2 Å². The molecule has 0 saturated heterocycles. The summed E-state index contributed by atoms with van der Waals surface area (Å²) in [7, 11) is 3.47. The number of rotatable bonds is 6. The van der Waals surface area contributed by atoms with Gasteiger partial charge in [0.25, 0.3) is 0 Å². The van der Waals surface area contributed by atoms with E-state index in [1.54, 1.807) is 19.0 Å². The summed E-state index contributed by atoms with van der Waals surface area (Å²) in [5.41, 5.74) is 1.89. The van der Waals surface area contributed by atoms with Crippen molar-refractivity contribution in [3.05, 3.63) is 29.3 Å². The van der Waals surface area contributed by atoms with Gasteiger partial charge < -0.3 is 20.3 Å². The van der Waals surface area contributed by atoms with Gasteiger partial charge in [-0.2, -0.15) is 0 Å². The van der Waals surface area contributed by atoms with Crippen LogP contribution >= 0.6 is 0 Å². The molecule has 0 radical (unpaired) electrons.